The molecule has 0 heterocycles. The van der Waals surface area contributed by atoms with E-state index < -0.39 is 10.0 Å². The predicted octanol–water partition coefficient (Wildman–Crippen LogP) is 2.40. The molecule has 0 aliphatic heterocycles. The number of sulfonamides is 1. The van der Waals surface area contributed by atoms with Gasteiger partial charge in [0.25, 0.3) is 0 Å². The third-order valence-corrected chi connectivity index (χ3v) is 3.43. The second kappa shape index (κ2) is 9.04. The molecule has 1 N–H and O–H groups in total. The summed E-state index contributed by atoms with van der Waals surface area (Å²) in [6.45, 7) is 1.86. The average Bonchev–Trinajstić information content (AvgIpc) is 2.30. The second-order valence-corrected chi connectivity index (χ2v) is 5.24. The summed E-state index contributed by atoms with van der Waals surface area (Å²) >= 11 is 0. The molecule has 94 valence electrons. The van der Waals surface area contributed by atoms with Crippen LogP contribution in [0.5, 0.6) is 0 Å². The van der Waals surface area contributed by atoms with Crippen molar-refractivity contribution in [3.05, 3.63) is 60.2 Å². The number of aryl methyl sites for hydroxylation is 1. The fourth-order valence-electron chi connectivity index (χ4n) is 1.31. The normalized spacial score (nSPS) is 9.95. The van der Waals surface area contributed by atoms with Crippen molar-refractivity contribution in [2.45, 2.75) is 11.8 Å². The van der Waals surface area contributed by atoms with Gasteiger partial charge in [0.15, 0.2) is 0 Å². The van der Waals surface area contributed by atoms with Crippen LogP contribution in [0, 0.1) is 102 Å². The topological polar surface area (TPSA) is 46.2 Å². The first-order chi connectivity index (χ1) is 8.08. The van der Waals surface area contributed by atoms with E-state index >= 15 is 0 Å². The molecule has 0 aliphatic rings. The predicted molar refractivity (Wildman–Crippen MR) is 66.1 cm³/mol. The number of para-hydroxylation sites is 1. The summed E-state index contributed by atoms with van der Waals surface area (Å²) in [5.41, 5.74) is 1.44. The molecule has 2 rings (SSSR count). The van der Waals surface area contributed by atoms with Crippen LogP contribution in [0.25, 0.3) is 0 Å². The summed E-state index contributed by atoms with van der Waals surface area (Å²) in [5.74, 6) is 0. The number of nitrogens with one attached hydrogen (secondary N) is 1. The summed E-state index contributed by atoms with van der Waals surface area (Å²) in [6, 6.07) is 17.3. The van der Waals surface area contributed by atoms with Crippen molar-refractivity contribution < 1.29 is 91.0 Å². The van der Waals surface area contributed by atoms with Gasteiger partial charge < -0.3 is 12.1 Å². The zero-order valence-corrected chi connectivity index (χ0v) is 18.6. The van der Waals surface area contributed by atoms with Crippen molar-refractivity contribution in [3.8, 4) is 0 Å². The minimum atomic E-state index is -3.59. The molecule has 3 nitrogen and oxygen atoms in total. The van der Waals surface area contributed by atoms with Crippen LogP contribution in [0.3, 0.4) is 0 Å². The first-order valence-corrected chi connectivity index (χ1v) is 6.54. The van der Waals surface area contributed by atoms with Gasteiger partial charge in [0, 0.05) is 88.3 Å². The molecule has 0 unspecified atom stereocenters. The maximum Gasteiger partial charge on any atom is 0.216 e. The van der Waals surface area contributed by atoms with E-state index in [-0.39, 0.29) is 87.5 Å². The molecular weight excluding hydrogens is 516 g/mol. The van der Waals surface area contributed by atoms with Gasteiger partial charge >= 0.3 is 0 Å². The van der Waals surface area contributed by atoms with Crippen molar-refractivity contribution >= 4 is 15.7 Å². The van der Waals surface area contributed by atoms with Gasteiger partial charge in [0.05, 0.1) is 0 Å². The Labute approximate surface area is 180 Å². The summed E-state index contributed by atoms with van der Waals surface area (Å²) in [7, 11) is -3.59. The van der Waals surface area contributed by atoms with Crippen LogP contribution in [0.4, 0.5) is 5.69 Å². The standard InChI is InChI=1S/C13H11NO2S.2Pr/c1-11-7-9-13(10-8-11)17(15,16)14-12-5-3-2-4-6-12;;/h2-8,14H,1H3;;/q-2;;. The van der Waals surface area contributed by atoms with Crippen LogP contribution < -0.4 is 4.72 Å². The third kappa shape index (κ3) is 6.05. The number of hydrogen-bond acceptors (Lipinski definition) is 2. The molecule has 0 saturated heterocycles. The Hall–Kier alpha value is 0.917. The Morgan fingerprint density at radius 3 is 2.05 bits per heavy atom. The Balaban J connectivity index is 0.00000162. The van der Waals surface area contributed by atoms with Crippen LogP contribution in [-0.4, -0.2) is 8.42 Å². The van der Waals surface area contributed by atoms with Crippen LogP contribution in [0.2, 0.25) is 0 Å². The van der Waals surface area contributed by atoms with Gasteiger partial charge in [-0.25, -0.2) is 8.42 Å². The SMILES string of the molecule is Cc1c[c-]c(S(=O)(=O)Nc2ccccc2)[c-]c1.[Pr].[Pr]. The van der Waals surface area contributed by atoms with Crippen molar-refractivity contribution in [2.24, 2.45) is 0 Å². The van der Waals surface area contributed by atoms with E-state index in [1.54, 1.807) is 36.4 Å². The zero-order valence-electron chi connectivity index (χ0n) is 10.4. The summed E-state index contributed by atoms with van der Waals surface area (Å²) in [5, 5.41) is 0. The molecule has 0 spiro atoms. The molecule has 0 aromatic heterocycles. The molecule has 19 heavy (non-hydrogen) atoms. The Morgan fingerprint density at radius 2 is 1.53 bits per heavy atom. The molecule has 2 radical (unpaired) electrons. The van der Waals surface area contributed by atoms with Crippen LogP contribution >= 0.6 is 0 Å². The molecule has 0 fully saturated rings. The van der Waals surface area contributed by atoms with Gasteiger partial charge in [-0.1, -0.05) is 18.2 Å². The first kappa shape index (κ1) is 19.9. The molecule has 2 aromatic rings. The van der Waals surface area contributed by atoms with E-state index in [9.17, 15) is 8.42 Å². The van der Waals surface area contributed by atoms with Crippen molar-refractivity contribution in [1.29, 1.82) is 0 Å². The van der Waals surface area contributed by atoms with E-state index in [4.69, 9.17) is 0 Å². The van der Waals surface area contributed by atoms with Crippen LogP contribution in [0.15, 0.2) is 47.4 Å². The largest absolute Gasteiger partial charge is 0.338 e. The smallest absolute Gasteiger partial charge is 0.216 e. The quantitative estimate of drug-likeness (QED) is 0.624. The minimum absolute atomic E-state index is 0. The Kier molecular flexibility index (Phi) is 9.48. The van der Waals surface area contributed by atoms with Crippen molar-refractivity contribution in [2.75, 3.05) is 4.72 Å². The van der Waals surface area contributed by atoms with Gasteiger partial charge in [-0.3, -0.25) is 22.4 Å². The van der Waals surface area contributed by atoms with Crippen molar-refractivity contribution in [1.82, 2.24) is 0 Å². The maximum absolute atomic E-state index is 11.9. The molecule has 0 aliphatic carbocycles. The fourth-order valence-corrected chi connectivity index (χ4v) is 2.29. The summed E-state index contributed by atoms with van der Waals surface area (Å²) in [4.78, 5) is 0.0203. The van der Waals surface area contributed by atoms with Gasteiger partial charge in [-0.2, -0.15) is 4.90 Å². The number of rotatable bonds is 3. The van der Waals surface area contributed by atoms with Gasteiger partial charge in [-0.05, 0) is 12.1 Å². The van der Waals surface area contributed by atoms with Crippen LogP contribution in [-0.2, 0) is 10.0 Å². The fraction of sp³-hybridized carbons (Fsp3) is 0.0769. The van der Waals surface area contributed by atoms with Gasteiger partial charge in [0.2, 0.25) is 10.0 Å². The summed E-state index contributed by atoms with van der Waals surface area (Å²) in [6.07, 6.45) is 0. The number of hydrogen-bond donors (Lipinski definition) is 1. The third-order valence-electron chi connectivity index (χ3n) is 2.16. The summed E-state index contributed by atoms with van der Waals surface area (Å²) < 4.78 is 26.3. The molecule has 0 bridgehead atoms. The molecule has 0 amide bonds. The maximum atomic E-state index is 11.9. The molecule has 0 saturated carbocycles. The molecule has 6 heteroatoms. The van der Waals surface area contributed by atoms with E-state index in [2.05, 4.69) is 16.9 Å². The number of anilines is 1. The zero-order chi connectivity index (χ0) is 12.3. The molecule has 0 atom stereocenters. The van der Waals surface area contributed by atoms with Crippen molar-refractivity contribution in [3.63, 3.8) is 0 Å². The van der Waals surface area contributed by atoms with E-state index in [1.165, 1.54) is 0 Å². The molecular formula is C13H11NO2Pr2S-2. The number of benzene rings is 2. The van der Waals surface area contributed by atoms with Gasteiger partial charge in [0.1, 0.15) is 0 Å². The minimum Gasteiger partial charge on any atom is -0.338 e. The van der Waals surface area contributed by atoms with Gasteiger partial charge in [-0.15, -0.1) is 6.92 Å². The Morgan fingerprint density at radius 1 is 1.00 bits per heavy atom. The van der Waals surface area contributed by atoms with E-state index in [0.717, 1.165) is 5.56 Å². The second-order valence-electron chi connectivity index (χ2n) is 3.62. The van der Waals surface area contributed by atoms with E-state index in [1.807, 2.05) is 13.0 Å². The Bertz CT molecular complexity index is 598. The monoisotopic (exact) mass is 527 g/mol. The first-order valence-electron chi connectivity index (χ1n) is 5.06. The molecule has 2 aromatic carbocycles. The van der Waals surface area contributed by atoms with E-state index in [0.29, 0.717) is 5.69 Å². The average molecular weight is 527 g/mol. The van der Waals surface area contributed by atoms with Crippen LogP contribution in [0.1, 0.15) is 5.56 Å².